The average Bonchev–Trinajstić information content (AvgIpc) is 3.61. The van der Waals surface area contributed by atoms with Gasteiger partial charge in [-0.3, -0.25) is 29.4 Å². The van der Waals surface area contributed by atoms with Crippen LogP contribution in [0.1, 0.15) is 26.0 Å². The van der Waals surface area contributed by atoms with E-state index in [9.17, 15) is 42.3 Å². The molecular weight excluding hydrogens is 671 g/mol. The summed E-state index contributed by atoms with van der Waals surface area (Å²) in [6.45, 7) is 3.18. The Morgan fingerprint density at radius 1 is 1.27 bits per heavy atom. The first-order valence-electron chi connectivity index (χ1n) is 12.6. The molecule has 2 aliphatic rings. The number of oxime groups is 1. The summed E-state index contributed by atoms with van der Waals surface area (Å²) in [5.74, 6) is -6.22. The molecule has 2 atom stereocenters. The molecular formula is C22H22F3N9O8S3. The first-order chi connectivity index (χ1) is 21.2. The third-order valence-electron chi connectivity index (χ3n) is 5.74. The highest BCUT2D eigenvalue weighted by Gasteiger charge is 2.54. The Morgan fingerprint density at radius 3 is 2.64 bits per heavy atom. The summed E-state index contributed by atoms with van der Waals surface area (Å²) in [5, 5.41) is 37.8. The Bertz CT molecular complexity index is 1580. The molecule has 0 saturated carbocycles. The molecule has 4 rings (SSSR count). The highest BCUT2D eigenvalue weighted by molar-refractivity contribution is 8.01. The number of fused-ring (bicyclic) bond motifs is 1. The highest BCUT2D eigenvalue weighted by Crippen LogP contribution is 2.41. The van der Waals surface area contributed by atoms with Crippen LogP contribution in [0.5, 0.6) is 0 Å². The van der Waals surface area contributed by atoms with E-state index in [0.717, 1.165) is 22.0 Å². The largest absolute Gasteiger partial charge is 0.481 e. The number of aliphatic carboxylic acids is 2. The quantitative estimate of drug-likeness (QED) is 0.0983. The molecule has 45 heavy (non-hydrogen) atoms. The Labute approximate surface area is 262 Å². The molecule has 1 fully saturated rings. The van der Waals surface area contributed by atoms with E-state index in [1.54, 1.807) is 19.2 Å². The average molecular weight is 694 g/mol. The minimum Gasteiger partial charge on any atom is -0.481 e. The standard InChI is InChI=1S/C22H22F3N9O8S3/c1-8(2)42-30-12(10-7-44-20(26-10)28-19(41)22(23,24)25)15(37)27-13-16(38)34-14(18(39)40)9(5-43-17(13)34)6-45-21-29-31-32-33(21)4-3-11(35)36/h7-8,13,17H,3-6H2,1-2H3,(H,27,37)(H,35,36)(H,39,40)(H,26,28,41)/t13?,17-/m0/s1. The zero-order valence-corrected chi connectivity index (χ0v) is 25.4. The molecule has 17 nitrogen and oxygen atoms in total. The summed E-state index contributed by atoms with van der Waals surface area (Å²) >= 11 is 2.82. The molecule has 23 heteroatoms. The summed E-state index contributed by atoms with van der Waals surface area (Å²) in [7, 11) is 0. The molecule has 242 valence electrons. The van der Waals surface area contributed by atoms with Gasteiger partial charge in [0.25, 0.3) is 11.8 Å². The Hall–Kier alpha value is -4.25. The van der Waals surface area contributed by atoms with Crippen molar-refractivity contribution in [2.45, 2.75) is 55.7 Å². The van der Waals surface area contributed by atoms with Crippen LogP contribution in [0.3, 0.4) is 0 Å². The molecule has 3 amide bonds. The number of carbonyl (C=O) groups excluding carboxylic acids is 3. The predicted molar refractivity (Wildman–Crippen MR) is 150 cm³/mol. The van der Waals surface area contributed by atoms with Crippen LogP contribution in [0, 0.1) is 0 Å². The van der Waals surface area contributed by atoms with E-state index in [-0.39, 0.29) is 41.0 Å². The summed E-state index contributed by atoms with van der Waals surface area (Å²) < 4.78 is 39.1. The summed E-state index contributed by atoms with van der Waals surface area (Å²) in [5.41, 5.74) is -0.658. The van der Waals surface area contributed by atoms with Gasteiger partial charge in [0.1, 0.15) is 28.9 Å². The first-order valence-corrected chi connectivity index (χ1v) is 15.5. The number of carbonyl (C=O) groups is 5. The molecule has 0 bridgehead atoms. The number of carboxylic acids is 2. The molecule has 2 aliphatic heterocycles. The van der Waals surface area contributed by atoms with E-state index in [1.807, 2.05) is 0 Å². The molecule has 2 aromatic rings. The maximum atomic E-state index is 13.2. The molecule has 1 unspecified atom stereocenters. The lowest BCUT2D eigenvalue weighted by Crippen LogP contribution is -2.71. The van der Waals surface area contributed by atoms with Gasteiger partial charge in [-0.15, -0.1) is 28.2 Å². The van der Waals surface area contributed by atoms with Gasteiger partial charge < -0.3 is 20.4 Å². The fourth-order valence-corrected chi connectivity index (χ4v) is 6.85. The minimum absolute atomic E-state index is 0.00375. The first kappa shape index (κ1) is 33.6. The lowest BCUT2D eigenvalue weighted by Gasteiger charge is -2.49. The second kappa shape index (κ2) is 13.8. The lowest BCUT2D eigenvalue weighted by atomic mass is 10.0. The van der Waals surface area contributed by atoms with E-state index in [0.29, 0.717) is 16.9 Å². The number of alkyl halides is 3. The third-order valence-corrected chi connectivity index (χ3v) is 8.88. The number of anilines is 1. The fraction of sp³-hybridized carbons (Fsp3) is 0.455. The third kappa shape index (κ3) is 7.89. The van der Waals surface area contributed by atoms with E-state index in [2.05, 4.69) is 31.0 Å². The van der Waals surface area contributed by atoms with E-state index >= 15 is 0 Å². The number of hydrogen-bond acceptors (Lipinski definition) is 14. The lowest BCUT2D eigenvalue weighted by molar-refractivity contribution is -0.167. The molecule has 4 heterocycles. The van der Waals surface area contributed by atoms with Crippen molar-refractivity contribution in [1.82, 2.24) is 35.4 Å². The van der Waals surface area contributed by atoms with Crippen molar-refractivity contribution in [3.05, 3.63) is 22.3 Å². The van der Waals surface area contributed by atoms with Crippen molar-refractivity contribution >= 4 is 75.4 Å². The number of halogens is 3. The number of tetrazole rings is 1. The van der Waals surface area contributed by atoms with Gasteiger partial charge in [-0.1, -0.05) is 16.9 Å². The number of nitrogens with one attached hydrogen (secondary N) is 2. The number of hydrogen-bond donors (Lipinski definition) is 4. The summed E-state index contributed by atoms with van der Waals surface area (Å²) in [6.07, 6.45) is -5.93. The molecule has 1 saturated heterocycles. The van der Waals surface area contributed by atoms with Crippen LogP contribution in [0.15, 0.2) is 27.0 Å². The molecule has 0 spiro atoms. The van der Waals surface area contributed by atoms with Gasteiger partial charge in [0.15, 0.2) is 10.8 Å². The van der Waals surface area contributed by atoms with Crippen LogP contribution in [-0.2, 0) is 35.4 Å². The van der Waals surface area contributed by atoms with Gasteiger partial charge >= 0.3 is 24.0 Å². The second-order valence-corrected chi connectivity index (χ2v) is 12.2. The summed E-state index contributed by atoms with van der Waals surface area (Å²) in [4.78, 5) is 70.7. The normalized spacial score (nSPS) is 18.4. The van der Waals surface area contributed by atoms with Gasteiger partial charge in [-0.25, -0.2) is 14.5 Å². The van der Waals surface area contributed by atoms with Crippen LogP contribution in [0.4, 0.5) is 18.3 Å². The Kier molecular flexibility index (Phi) is 10.3. The number of β-lactam (4-membered cyclic amide) rings is 1. The van der Waals surface area contributed by atoms with Crippen molar-refractivity contribution < 1.29 is 52.2 Å². The second-order valence-electron chi connectivity index (χ2n) is 9.32. The molecule has 2 aromatic heterocycles. The van der Waals surface area contributed by atoms with Gasteiger partial charge in [-0.2, -0.15) is 13.2 Å². The van der Waals surface area contributed by atoms with E-state index in [1.165, 1.54) is 16.4 Å². The molecule has 0 radical (unpaired) electrons. The van der Waals surface area contributed by atoms with Crippen LogP contribution >= 0.6 is 34.9 Å². The fourth-order valence-electron chi connectivity index (χ4n) is 3.77. The van der Waals surface area contributed by atoms with Crippen molar-refractivity contribution in [3.63, 3.8) is 0 Å². The van der Waals surface area contributed by atoms with Gasteiger partial charge in [0.2, 0.25) is 5.16 Å². The van der Waals surface area contributed by atoms with Crippen LogP contribution in [0.2, 0.25) is 0 Å². The monoisotopic (exact) mass is 693 g/mol. The minimum atomic E-state index is -5.17. The predicted octanol–water partition coefficient (Wildman–Crippen LogP) is 0.765. The van der Waals surface area contributed by atoms with Gasteiger partial charge in [-0.05, 0) is 29.8 Å². The van der Waals surface area contributed by atoms with Crippen molar-refractivity contribution in [1.29, 1.82) is 0 Å². The van der Waals surface area contributed by atoms with Crippen LogP contribution in [0.25, 0.3) is 0 Å². The van der Waals surface area contributed by atoms with Crippen LogP contribution < -0.4 is 10.6 Å². The topological polar surface area (TPSA) is 231 Å². The number of aryl methyl sites for hydroxylation is 1. The highest BCUT2D eigenvalue weighted by atomic mass is 32.2. The van der Waals surface area contributed by atoms with Crippen molar-refractivity contribution in [2.75, 3.05) is 16.8 Å². The number of aromatic nitrogens is 5. The van der Waals surface area contributed by atoms with Crippen molar-refractivity contribution in [2.24, 2.45) is 5.16 Å². The van der Waals surface area contributed by atoms with Gasteiger partial charge in [0, 0.05) is 16.9 Å². The number of amides is 3. The zero-order valence-electron chi connectivity index (χ0n) is 23.0. The molecule has 0 aliphatic carbocycles. The smallest absolute Gasteiger partial charge is 0.471 e. The van der Waals surface area contributed by atoms with E-state index in [4.69, 9.17) is 9.94 Å². The van der Waals surface area contributed by atoms with E-state index < -0.39 is 64.2 Å². The number of thiazole rings is 1. The van der Waals surface area contributed by atoms with Crippen LogP contribution in [-0.4, -0.2) is 111 Å². The number of carboxylic acid groups (broad SMARTS) is 2. The zero-order chi connectivity index (χ0) is 33.1. The van der Waals surface area contributed by atoms with Gasteiger partial charge in [0.05, 0.1) is 13.0 Å². The Balaban J connectivity index is 1.47. The maximum absolute atomic E-state index is 13.2. The SMILES string of the molecule is CC(C)ON=C(C(=O)NC1C(=O)N2C(C(=O)O)=C(CSc3nnnn3CCC(=O)O)CS[C@@H]12)c1csc(NC(=O)C(F)(F)F)n1. The number of nitrogens with zero attached hydrogens (tertiary/aromatic N) is 7. The number of thioether (sulfide) groups is 2. The van der Waals surface area contributed by atoms with Crippen molar-refractivity contribution in [3.8, 4) is 0 Å². The molecule has 0 aromatic carbocycles. The Morgan fingerprint density at radius 2 is 2.00 bits per heavy atom. The number of rotatable bonds is 13. The maximum Gasteiger partial charge on any atom is 0.471 e. The summed E-state index contributed by atoms with van der Waals surface area (Å²) in [6, 6.07) is -1.19. The molecule has 4 N–H and O–H groups in total.